The van der Waals surface area contributed by atoms with E-state index in [0.717, 1.165) is 39.0 Å². The van der Waals surface area contributed by atoms with Crippen LogP contribution in [0.5, 0.6) is 0 Å². The maximum atomic E-state index is 15.3. The van der Waals surface area contributed by atoms with Gasteiger partial charge in [-0.15, -0.1) is 0 Å². The van der Waals surface area contributed by atoms with E-state index in [9.17, 15) is 14.9 Å². The highest BCUT2D eigenvalue weighted by Gasteiger charge is 2.22. The topological polar surface area (TPSA) is 91.2 Å². The van der Waals surface area contributed by atoms with Crippen molar-refractivity contribution in [2.75, 3.05) is 0 Å². The summed E-state index contributed by atoms with van der Waals surface area (Å²) < 4.78 is 31.7. The Labute approximate surface area is 279 Å². The van der Waals surface area contributed by atoms with E-state index in [1.807, 2.05) is 77.4 Å². The summed E-state index contributed by atoms with van der Waals surface area (Å²) in [5.74, 6) is -0.779. The average molecular weight is 637 g/mol. The van der Waals surface area contributed by atoms with Crippen molar-refractivity contribution in [2.45, 2.75) is 0 Å². The summed E-state index contributed by atoms with van der Waals surface area (Å²) in [7, 11) is 0. The lowest BCUT2D eigenvalue weighted by Crippen LogP contribution is -2.04. The fourth-order valence-corrected chi connectivity index (χ4v) is 6.15. The number of halogens is 2. The van der Waals surface area contributed by atoms with E-state index < -0.39 is 11.6 Å². The van der Waals surface area contributed by atoms with Gasteiger partial charge in [0.2, 0.25) is 0 Å². The van der Waals surface area contributed by atoms with Crippen LogP contribution in [0.15, 0.2) is 133 Å². The van der Waals surface area contributed by atoms with Gasteiger partial charge in [-0.25, -0.2) is 23.7 Å². The highest BCUT2D eigenvalue weighted by molar-refractivity contribution is 6.10. The molecule has 0 aliphatic carbocycles. The summed E-state index contributed by atoms with van der Waals surface area (Å²) in [4.78, 5) is 14.8. The van der Waals surface area contributed by atoms with E-state index >= 15 is 4.39 Å². The Hall–Kier alpha value is -7.03. The number of benzene rings is 6. The van der Waals surface area contributed by atoms with E-state index in [2.05, 4.69) is 12.1 Å². The summed E-state index contributed by atoms with van der Waals surface area (Å²) >= 11 is 0. The van der Waals surface area contributed by atoms with Crippen molar-refractivity contribution < 1.29 is 8.78 Å². The molecular weight excluding hydrogens is 614 g/mol. The molecule has 0 saturated heterocycles. The van der Waals surface area contributed by atoms with Gasteiger partial charge in [0.15, 0.2) is 29.1 Å². The van der Waals surface area contributed by atoms with Crippen LogP contribution in [0.3, 0.4) is 0 Å². The fraction of sp³-hybridized carbons (Fsp3) is 0. The Balaban J connectivity index is 1.50. The Morgan fingerprint density at radius 1 is 0.490 bits per heavy atom. The summed E-state index contributed by atoms with van der Waals surface area (Å²) in [5, 5.41) is 21.4. The lowest BCUT2D eigenvalue weighted by molar-refractivity contribution is 0.511. The first-order valence-corrected chi connectivity index (χ1v) is 15.4. The number of nitrogens with zero attached hydrogens (tertiary/aromatic N) is 6. The molecule has 6 nitrogen and oxygen atoms in total. The smallest absolute Gasteiger partial charge is 0.166 e. The summed E-state index contributed by atoms with van der Waals surface area (Å²) in [6, 6.07) is 43.7. The van der Waals surface area contributed by atoms with Crippen LogP contribution >= 0.6 is 0 Å². The SMILES string of the molecule is N#Cc1ccc2c3ccc(C#N)cc3n(-c3ccc(-c4cccc(F)c4F)cc3-c3nc(-c4ccccc4)nc(-c4ccccc4)n3)c2c1. The van der Waals surface area contributed by atoms with Crippen LogP contribution in [-0.2, 0) is 0 Å². The Bertz CT molecular complexity index is 2520. The third-order valence-electron chi connectivity index (χ3n) is 8.47. The maximum absolute atomic E-state index is 15.3. The molecule has 2 aromatic heterocycles. The lowest BCUT2D eigenvalue weighted by Gasteiger charge is -2.16. The van der Waals surface area contributed by atoms with Gasteiger partial charge in [0.1, 0.15) is 0 Å². The molecular formula is C41H22F2N6. The summed E-state index contributed by atoms with van der Waals surface area (Å²) in [6.07, 6.45) is 0. The minimum absolute atomic E-state index is 0.0779. The Kier molecular flexibility index (Phi) is 7.17. The van der Waals surface area contributed by atoms with E-state index in [4.69, 9.17) is 15.0 Å². The fourth-order valence-electron chi connectivity index (χ4n) is 6.15. The zero-order valence-corrected chi connectivity index (χ0v) is 25.6. The minimum atomic E-state index is -0.971. The first-order chi connectivity index (χ1) is 24.0. The van der Waals surface area contributed by atoms with Gasteiger partial charge in [-0.2, -0.15) is 10.5 Å². The van der Waals surface area contributed by atoms with Gasteiger partial charge in [0, 0.05) is 33.0 Å². The Morgan fingerprint density at radius 3 is 1.59 bits per heavy atom. The number of aromatic nitrogens is 4. The van der Waals surface area contributed by atoms with Gasteiger partial charge < -0.3 is 4.57 Å². The van der Waals surface area contributed by atoms with Gasteiger partial charge in [-0.3, -0.25) is 0 Å². The van der Waals surface area contributed by atoms with Crippen molar-refractivity contribution in [3.8, 4) is 63.1 Å². The molecule has 49 heavy (non-hydrogen) atoms. The van der Waals surface area contributed by atoms with Crippen LogP contribution in [-0.4, -0.2) is 19.5 Å². The third-order valence-corrected chi connectivity index (χ3v) is 8.47. The van der Waals surface area contributed by atoms with Crippen molar-refractivity contribution in [2.24, 2.45) is 0 Å². The van der Waals surface area contributed by atoms with Gasteiger partial charge in [-0.05, 0) is 48.0 Å². The predicted octanol–water partition coefficient (Wildman–Crippen LogP) is 9.66. The van der Waals surface area contributed by atoms with E-state index in [1.165, 1.54) is 12.1 Å². The molecule has 0 fully saturated rings. The average Bonchev–Trinajstić information content (AvgIpc) is 3.48. The van der Waals surface area contributed by atoms with Gasteiger partial charge >= 0.3 is 0 Å². The molecule has 230 valence electrons. The molecule has 0 bridgehead atoms. The van der Waals surface area contributed by atoms with Crippen LogP contribution in [0.1, 0.15) is 11.1 Å². The number of rotatable bonds is 5. The molecule has 2 heterocycles. The second kappa shape index (κ2) is 12.0. The van der Waals surface area contributed by atoms with Gasteiger partial charge in [0.05, 0.1) is 40.0 Å². The normalized spacial score (nSPS) is 11.0. The third kappa shape index (κ3) is 5.14. The predicted molar refractivity (Wildman–Crippen MR) is 185 cm³/mol. The van der Waals surface area contributed by atoms with Crippen molar-refractivity contribution in [3.63, 3.8) is 0 Å². The van der Waals surface area contributed by atoms with Crippen molar-refractivity contribution in [1.29, 1.82) is 10.5 Å². The molecule has 0 N–H and O–H groups in total. The molecule has 0 aliphatic rings. The van der Waals surface area contributed by atoms with Crippen LogP contribution in [0, 0.1) is 34.3 Å². The van der Waals surface area contributed by atoms with Crippen molar-refractivity contribution >= 4 is 21.8 Å². The summed E-state index contributed by atoms with van der Waals surface area (Å²) in [5.41, 5.74) is 5.48. The van der Waals surface area contributed by atoms with E-state index in [0.29, 0.717) is 45.4 Å². The van der Waals surface area contributed by atoms with Crippen LogP contribution in [0.4, 0.5) is 8.78 Å². The van der Waals surface area contributed by atoms with E-state index in [-0.39, 0.29) is 5.56 Å². The zero-order chi connectivity index (χ0) is 33.5. The second-order valence-corrected chi connectivity index (χ2v) is 11.4. The largest absolute Gasteiger partial charge is 0.308 e. The van der Waals surface area contributed by atoms with Crippen molar-refractivity contribution in [3.05, 3.63) is 156 Å². The van der Waals surface area contributed by atoms with E-state index in [1.54, 1.807) is 42.5 Å². The molecule has 0 unspecified atom stereocenters. The molecule has 8 rings (SSSR count). The highest BCUT2D eigenvalue weighted by Crippen LogP contribution is 2.39. The molecule has 0 saturated carbocycles. The van der Waals surface area contributed by atoms with Gasteiger partial charge in [0.25, 0.3) is 0 Å². The zero-order valence-electron chi connectivity index (χ0n) is 25.6. The molecule has 8 aromatic rings. The van der Waals surface area contributed by atoms with Crippen LogP contribution in [0.25, 0.3) is 72.8 Å². The molecule has 0 radical (unpaired) electrons. The van der Waals surface area contributed by atoms with Crippen LogP contribution in [0.2, 0.25) is 0 Å². The minimum Gasteiger partial charge on any atom is -0.308 e. The Morgan fingerprint density at radius 2 is 1.04 bits per heavy atom. The number of hydrogen-bond donors (Lipinski definition) is 0. The molecule has 6 aromatic carbocycles. The van der Waals surface area contributed by atoms with Crippen LogP contribution < -0.4 is 0 Å². The first kappa shape index (κ1) is 29.4. The quantitative estimate of drug-likeness (QED) is 0.188. The van der Waals surface area contributed by atoms with Gasteiger partial charge in [-0.1, -0.05) is 91.0 Å². The molecule has 0 spiro atoms. The first-order valence-electron chi connectivity index (χ1n) is 15.4. The maximum Gasteiger partial charge on any atom is 0.166 e. The number of fused-ring (bicyclic) bond motifs is 3. The number of nitriles is 2. The standard InChI is InChI=1S/C41H22F2N6/c42-34-13-7-12-30(38(34)43)29-16-19-35(49-36-20-25(23-44)14-17-31(36)32-18-15-26(24-45)21-37(32)49)33(22-29)41-47-39(27-8-3-1-4-9-27)46-40(48-41)28-10-5-2-6-11-28/h1-22H. The van der Waals surface area contributed by atoms with Crippen molar-refractivity contribution in [1.82, 2.24) is 19.5 Å². The molecule has 8 heteroatoms. The molecule has 0 aliphatic heterocycles. The monoisotopic (exact) mass is 636 g/mol. The molecule has 0 atom stereocenters. The number of hydrogen-bond acceptors (Lipinski definition) is 5. The summed E-state index contributed by atoms with van der Waals surface area (Å²) in [6.45, 7) is 0. The second-order valence-electron chi connectivity index (χ2n) is 11.4. The highest BCUT2D eigenvalue weighted by atomic mass is 19.2. The lowest BCUT2D eigenvalue weighted by atomic mass is 10.00. The molecule has 0 amide bonds.